The second-order valence-electron chi connectivity index (χ2n) is 21.6. The molecule has 0 aromatic heterocycles. The van der Waals surface area contributed by atoms with Gasteiger partial charge < -0.3 is 20.1 Å². The monoisotopic (exact) mass is 1170 g/mol. The van der Waals surface area contributed by atoms with Crippen LogP contribution in [0, 0.1) is 0 Å². The zero-order chi connectivity index (χ0) is 60.1. The third-order valence-corrected chi connectivity index (χ3v) is 14.7. The van der Waals surface area contributed by atoms with Gasteiger partial charge in [0, 0.05) is 19.4 Å². The first-order valence-electron chi connectivity index (χ1n) is 33.3. The first kappa shape index (κ1) is 78.9. The SMILES string of the molecule is CC/C=C\C/C=C\C/C=C\C/C=C\C/C=C\C/C=C\C/C=C\C/C=C\C/C=C\C/C=C\CCCCCCCCCCC(=O)OC(COC(=O)CCCCCCCCCCCCC/C=C\C/C=C\CCCCCCC)COP(=O)(O)OCCN. The highest BCUT2D eigenvalue weighted by Crippen LogP contribution is 2.43. The molecule has 3 N–H and O–H groups in total. The highest BCUT2D eigenvalue weighted by Gasteiger charge is 2.26. The number of nitrogens with two attached hydrogens (primary N) is 1. The molecule has 0 aromatic carbocycles. The van der Waals surface area contributed by atoms with Gasteiger partial charge in [-0.15, -0.1) is 0 Å². The van der Waals surface area contributed by atoms with Crippen molar-refractivity contribution in [1.82, 2.24) is 0 Å². The number of carbonyl (C=O) groups is 2. The van der Waals surface area contributed by atoms with Crippen LogP contribution in [-0.2, 0) is 32.7 Å². The van der Waals surface area contributed by atoms with E-state index < -0.39 is 26.5 Å². The van der Waals surface area contributed by atoms with Gasteiger partial charge in [0.25, 0.3) is 0 Å². The third kappa shape index (κ3) is 66.9. The molecule has 0 aliphatic carbocycles. The molecule has 0 aliphatic heterocycles. The van der Waals surface area contributed by atoms with Crippen LogP contribution in [0.4, 0.5) is 0 Å². The molecular formula is C73H122NO8P. The van der Waals surface area contributed by atoms with E-state index in [1.165, 1.54) is 122 Å². The maximum absolute atomic E-state index is 12.7. The summed E-state index contributed by atoms with van der Waals surface area (Å²) in [4.78, 5) is 35.3. The zero-order valence-electron chi connectivity index (χ0n) is 52.9. The Kier molecular flexibility index (Phi) is 63.7. The van der Waals surface area contributed by atoms with E-state index in [0.717, 1.165) is 116 Å². The number of allylic oxidation sites excluding steroid dienone is 24. The van der Waals surface area contributed by atoms with E-state index in [-0.39, 0.29) is 38.6 Å². The molecule has 0 bridgehead atoms. The van der Waals surface area contributed by atoms with Gasteiger partial charge in [0.2, 0.25) is 0 Å². The van der Waals surface area contributed by atoms with E-state index >= 15 is 0 Å². The zero-order valence-corrected chi connectivity index (χ0v) is 53.8. The minimum Gasteiger partial charge on any atom is -0.462 e. The van der Waals surface area contributed by atoms with E-state index in [4.69, 9.17) is 24.3 Å². The summed E-state index contributed by atoms with van der Waals surface area (Å²) in [5, 5.41) is 0. The van der Waals surface area contributed by atoms with Crippen LogP contribution < -0.4 is 5.73 Å². The predicted molar refractivity (Wildman–Crippen MR) is 357 cm³/mol. The number of ether oxygens (including phenoxy) is 2. The summed E-state index contributed by atoms with van der Waals surface area (Å²) in [6, 6.07) is 0. The number of hydrogen-bond donors (Lipinski definition) is 2. The van der Waals surface area contributed by atoms with Gasteiger partial charge in [0.1, 0.15) is 6.61 Å². The molecule has 472 valence electrons. The maximum atomic E-state index is 12.7. The van der Waals surface area contributed by atoms with Gasteiger partial charge >= 0.3 is 19.8 Å². The third-order valence-electron chi connectivity index (χ3n) is 13.7. The summed E-state index contributed by atoms with van der Waals surface area (Å²) >= 11 is 0. The smallest absolute Gasteiger partial charge is 0.462 e. The molecule has 0 saturated carbocycles. The number of hydrogen-bond acceptors (Lipinski definition) is 8. The van der Waals surface area contributed by atoms with Gasteiger partial charge in [-0.2, -0.15) is 0 Å². The van der Waals surface area contributed by atoms with Crippen LogP contribution in [0.5, 0.6) is 0 Å². The molecule has 0 amide bonds. The molecule has 83 heavy (non-hydrogen) atoms. The van der Waals surface area contributed by atoms with Crippen molar-refractivity contribution in [3.05, 3.63) is 146 Å². The highest BCUT2D eigenvalue weighted by atomic mass is 31.2. The Morgan fingerprint density at radius 3 is 0.988 bits per heavy atom. The number of unbranched alkanes of at least 4 members (excludes halogenated alkanes) is 24. The lowest BCUT2D eigenvalue weighted by Gasteiger charge is -2.19. The average molecular weight is 1170 g/mol. The summed E-state index contributed by atoms with van der Waals surface area (Å²) in [7, 11) is -4.40. The molecule has 0 aromatic rings. The lowest BCUT2D eigenvalue weighted by atomic mass is 10.0. The predicted octanol–water partition coefficient (Wildman–Crippen LogP) is 21.9. The quantitative estimate of drug-likeness (QED) is 0.0264. The Morgan fingerprint density at radius 1 is 0.373 bits per heavy atom. The molecule has 2 unspecified atom stereocenters. The van der Waals surface area contributed by atoms with Crippen LogP contribution in [0.25, 0.3) is 0 Å². The van der Waals surface area contributed by atoms with E-state index in [1.807, 2.05) is 0 Å². The van der Waals surface area contributed by atoms with Gasteiger partial charge in [-0.05, 0) is 122 Å². The molecule has 2 atom stereocenters. The number of carbonyl (C=O) groups excluding carboxylic acids is 2. The van der Waals surface area contributed by atoms with Crippen LogP contribution in [0.2, 0.25) is 0 Å². The molecule has 0 fully saturated rings. The normalized spacial score (nSPS) is 13.9. The van der Waals surface area contributed by atoms with Gasteiger partial charge in [0.15, 0.2) is 6.10 Å². The molecule has 0 spiro atoms. The first-order chi connectivity index (χ1) is 40.8. The topological polar surface area (TPSA) is 134 Å². The number of rotatable bonds is 61. The summed E-state index contributed by atoms with van der Waals surface area (Å²) in [5.41, 5.74) is 5.39. The van der Waals surface area contributed by atoms with Crippen molar-refractivity contribution in [1.29, 1.82) is 0 Å². The largest absolute Gasteiger partial charge is 0.472 e. The molecule has 0 radical (unpaired) electrons. The number of phosphoric ester groups is 1. The molecule has 0 aliphatic rings. The van der Waals surface area contributed by atoms with Crippen LogP contribution in [0.15, 0.2) is 146 Å². The van der Waals surface area contributed by atoms with Crippen molar-refractivity contribution in [3.63, 3.8) is 0 Å². The molecular weight excluding hydrogens is 1050 g/mol. The molecule has 0 rings (SSSR count). The van der Waals surface area contributed by atoms with Gasteiger partial charge in [0.05, 0.1) is 13.2 Å². The fourth-order valence-electron chi connectivity index (χ4n) is 8.81. The van der Waals surface area contributed by atoms with Crippen LogP contribution >= 0.6 is 7.82 Å². The van der Waals surface area contributed by atoms with Crippen molar-refractivity contribution < 1.29 is 37.6 Å². The van der Waals surface area contributed by atoms with Crippen molar-refractivity contribution in [2.45, 2.75) is 277 Å². The van der Waals surface area contributed by atoms with Gasteiger partial charge in [-0.25, -0.2) is 4.57 Å². The second kappa shape index (κ2) is 67.0. The van der Waals surface area contributed by atoms with Crippen molar-refractivity contribution >= 4 is 19.8 Å². The van der Waals surface area contributed by atoms with Crippen LogP contribution in [0.3, 0.4) is 0 Å². The summed E-state index contributed by atoms with van der Waals surface area (Å²) < 4.78 is 33.1. The Hall–Kier alpha value is -4.11. The second-order valence-corrected chi connectivity index (χ2v) is 23.1. The van der Waals surface area contributed by atoms with Crippen molar-refractivity contribution in [3.8, 4) is 0 Å². The van der Waals surface area contributed by atoms with E-state index in [2.05, 4.69) is 160 Å². The summed E-state index contributed by atoms with van der Waals surface area (Å²) in [6.45, 7) is 3.61. The first-order valence-corrected chi connectivity index (χ1v) is 34.8. The van der Waals surface area contributed by atoms with Crippen molar-refractivity contribution in [2.24, 2.45) is 5.73 Å². The molecule has 9 nitrogen and oxygen atoms in total. The minimum absolute atomic E-state index is 0.0451. The van der Waals surface area contributed by atoms with E-state index in [9.17, 15) is 19.0 Å². The Labute approximate surface area is 509 Å². The van der Waals surface area contributed by atoms with Crippen molar-refractivity contribution in [2.75, 3.05) is 26.4 Å². The van der Waals surface area contributed by atoms with Crippen LogP contribution in [-0.4, -0.2) is 49.3 Å². The standard InChI is InChI=1S/C73H122NO8P/c1-3-5-7-9-11-13-15-17-19-21-23-25-27-28-29-30-31-32-33-34-35-36-37-38-39-40-41-42-44-46-48-50-52-54-56-58-60-62-64-66-73(76)82-71(70-81-83(77,78)80-68-67-74)69-79-72(75)65-63-61-59-57-55-53-51-49-47-45-43-26-24-22-20-18-16-14-12-10-8-6-4-2/h5,7,11,13,16-19,22-25,28-29,31-32,34-35,37-38,40-41,44,46,71H,3-4,6,8-10,12,14-15,20-21,26-27,30,33,36,39,42-43,45,47-70,74H2,1-2H3,(H,77,78)/b7-5-,13-11-,18-16-,19-17-,24-22-,25-23-,29-28-,32-31-,35-34-,38-37-,41-40-,46-44-. The Morgan fingerprint density at radius 2 is 0.663 bits per heavy atom. The van der Waals surface area contributed by atoms with Gasteiger partial charge in [-0.1, -0.05) is 282 Å². The summed E-state index contributed by atoms with van der Waals surface area (Å²) in [6.07, 6.45) is 96.3. The van der Waals surface area contributed by atoms with E-state index in [0.29, 0.717) is 6.42 Å². The molecule has 10 heteroatoms. The fraction of sp³-hybridized carbons (Fsp3) is 0.644. The maximum Gasteiger partial charge on any atom is 0.472 e. The minimum atomic E-state index is -4.40. The Balaban J connectivity index is 3.99. The highest BCUT2D eigenvalue weighted by molar-refractivity contribution is 7.47. The van der Waals surface area contributed by atoms with E-state index in [1.54, 1.807) is 0 Å². The lowest BCUT2D eigenvalue weighted by Crippen LogP contribution is -2.29. The molecule has 0 heterocycles. The lowest BCUT2D eigenvalue weighted by molar-refractivity contribution is -0.161. The summed E-state index contributed by atoms with van der Waals surface area (Å²) in [5.74, 6) is -0.843. The average Bonchev–Trinajstić information content (AvgIpc) is 3.48. The van der Waals surface area contributed by atoms with Crippen LogP contribution in [0.1, 0.15) is 271 Å². The van der Waals surface area contributed by atoms with Gasteiger partial charge in [-0.3, -0.25) is 18.6 Å². The number of esters is 2. The number of phosphoric acid groups is 1. The fourth-order valence-corrected chi connectivity index (χ4v) is 9.58. The molecule has 0 saturated heterocycles. The Bertz CT molecular complexity index is 1870.